The predicted octanol–water partition coefficient (Wildman–Crippen LogP) is 3.59. The summed E-state index contributed by atoms with van der Waals surface area (Å²) in [4.78, 5) is 9.38. The molecule has 4 rings (SSSR count). The fourth-order valence-electron chi connectivity index (χ4n) is 4.11. The number of ether oxygens (including phenoxy) is 2. The number of aliphatic imine (C=N–C) groups is 1. The summed E-state index contributed by atoms with van der Waals surface area (Å²) in [6, 6.07) is 14.8. The molecular weight excluding hydrogens is 531 g/mol. The molecule has 1 fully saturated rings. The lowest BCUT2D eigenvalue weighted by molar-refractivity contribution is 0.0792. The van der Waals surface area contributed by atoms with E-state index in [-0.39, 0.29) is 30.1 Å². The molecule has 2 aliphatic heterocycles. The average molecular weight is 566 g/mol. The van der Waals surface area contributed by atoms with Gasteiger partial charge in [-0.1, -0.05) is 30.3 Å². The maximum atomic E-state index is 9.67. The summed E-state index contributed by atoms with van der Waals surface area (Å²) in [6.07, 6.45) is 1.63. The van der Waals surface area contributed by atoms with Crippen LogP contribution in [0.3, 0.4) is 0 Å². The lowest BCUT2D eigenvalue weighted by atomic mass is 10.1. The number of hydrogen-bond donors (Lipinski definition) is 2. The number of aliphatic hydroxyl groups is 1. The zero-order valence-corrected chi connectivity index (χ0v) is 21.8. The summed E-state index contributed by atoms with van der Waals surface area (Å²) >= 11 is 0. The minimum Gasteiger partial charge on any atom is -0.454 e. The molecule has 2 heterocycles. The Bertz CT molecular complexity index is 914. The van der Waals surface area contributed by atoms with Crippen LogP contribution in [-0.2, 0) is 19.6 Å². The van der Waals surface area contributed by atoms with Crippen molar-refractivity contribution in [3.05, 3.63) is 59.2 Å². The Morgan fingerprint density at radius 3 is 2.45 bits per heavy atom. The van der Waals surface area contributed by atoms with Crippen LogP contribution in [0.25, 0.3) is 0 Å². The van der Waals surface area contributed by atoms with Crippen molar-refractivity contribution in [1.29, 1.82) is 0 Å². The van der Waals surface area contributed by atoms with Crippen LogP contribution in [0.5, 0.6) is 11.5 Å². The maximum absolute atomic E-state index is 9.67. The SMILES string of the molecule is CCNC(=NCc1ccc(CN2CCC(O)CC2)cc1)N(C)Cc1ccc2c(c1)OCO2.I. The quantitative estimate of drug-likeness (QED) is 0.304. The molecule has 0 aliphatic carbocycles. The summed E-state index contributed by atoms with van der Waals surface area (Å²) in [7, 11) is 2.05. The van der Waals surface area contributed by atoms with E-state index in [9.17, 15) is 5.11 Å². The molecule has 0 saturated carbocycles. The highest BCUT2D eigenvalue weighted by Gasteiger charge is 2.17. The van der Waals surface area contributed by atoms with Crippen molar-refractivity contribution in [1.82, 2.24) is 15.1 Å². The summed E-state index contributed by atoms with van der Waals surface area (Å²) in [5, 5.41) is 13.1. The Morgan fingerprint density at radius 1 is 1.06 bits per heavy atom. The molecule has 180 valence electrons. The monoisotopic (exact) mass is 566 g/mol. The molecule has 0 bridgehead atoms. The van der Waals surface area contributed by atoms with Gasteiger partial charge >= 0.3 is 0 Å². The zero-order valence-electron chi connectivity index (χ0n) is 19.5. The zero-order chi connectivity index (χ0) is 22.3. The van der Waals surface area contributed by atoms with Crippen molar-refractivity contribution >= 4 is 29.9 Å². The third-order valence-electron chi connectivity index (χ3n) is 5.95. The molecule has 0 atom stereocenters. The lowest BCUT2D eigenvalue weighted by Gasteiger charge is -2.29. The number of nitrogens with one attached hydrogen (secondary N) is 1. The van der Waals surface area contributed by atoms with E-state index >= 15 is 0 Å². The van der Waals surface area contributed by atoms with E-state index in [2.05, 4.69) is 52.4 Å². The van der Waals surface area contributed by atoms with Crippen LogP contribution in [0, 0.1) is 0 Å². The van der Waals surface area contributed by atoms with Gasteiger partial charge in [0, 0.05) is 39.8 Å². The predicted molar refractivity (Wildman–Crippen MR) is 141 cm³/mol. The van der Waals surface area contributed by atoms with Crippen molar-refractivity contribution in [2.24, 2.45) is 4.99 Å². The van der Waals surface area contributed by atoms with E-state index in [1.807, 2.05) is 19.2 Å². The van der Waals surface area contributed by atoms with Crippen molar-refractivity contribution in [2.45, 2.75) is 45.5 Å². The number of aliphatic hydroxyl groups excluding tert-OH is 1. The second-order valence-corrected chi connectivity index (χ2v) is 8.54. The first-order valence-electron chi connectivity index (χ1n) is 11.5. The van der Waals surface area contributed by atoms with Gasteiger partial charge in [0.15, 0.2) is 17.5 Å². The average Bonchev–Trinajstić information content (AvgIpc) is 3.27. The molecular formula is C25H35IN4O3. The van der Waals surface area contributed by atoms with Gasteiger partial charge in [-0.2, -0.15) is 0 Å². The van der Waals surface area contributed by atoms with Crippen LogP contribution >= 0.6 is 24.0 Å². The number of rotatable bonds is 7. The van der Waals surface area contributed by atoms with Crippen LogP contribution in [0.15, 0.2) is 47.5 Å². The molecule has 2 aromatic carbocycles. The maximum Gasteiger partial charge on any atom is 0.231 e. The molecule has 1 saturated heterocycles. The minimum atomic E-state index is -0.124. The van der Waals surface area contributed by atoms with Gasteiger partial charge < -0.3 is 24.8 Å². The van der Waals surface area contributed by atoms with Crippen LogP contribution in [0.2, 0.25) is 0 Å². The van der Waals surface area contributed by atoms with E-state index in [4.69, 9.17) is 14.5 Å². The number of benzene rings is 2. The highest BCUT2D eigenvalue weighted by molar-refractivity contribution is 14.0. The fourth-order valence-corrected chi connectivity index (χ4v) is 4.11. The number of nitrogens with zero attached hydrogens (tertiary/aromatic N) is 3. The van der Waals surface area contributed by atoms with Gasteiger partial charge in [0.2, 0.25) is 6.79 Å². The summed E-state index contributed by atoms with van der Waals surface area (Å²) in [5.74, 6) is 2.48. The molecule has 2 N–H and O–H groups in total. The van der Waals surface area contributed by atoms with Gasteiger partial charge in [0.05, 0.1) is 12.6 Å². The van der Waals surface area contributed by atoms with Crippen molar-refractivity contribution in [3.63, 3.8) is 0 Å². The first kappa shape index (κ1) is 25.6. The Kier molecular flexibility index (Phi) is 9.64. The van der Waals surface area contributed by atoms with Crippen LogP contribution in [0.1, 0.15) is 36.5 Å². The molecule has 0 unspecified atom stereocenters. The smallest absolute Gasteiger partial charge is 0.231 e. The van der Waals surface area contributed by atoms with Gasteiger partial charge in [-0.3, -0.25) is 4.90 Å². The Morgan fingerprint density at radius 2 is 1.73 bits per heavy atom. The fraction of sp³-hybridized carbons (Fsp3) is 0.480. The van der Waals surface area contributed by atoms with Crippen LogP contribution < -0.4 is 14.8 Å². The number of piperidine rings is 1. The molecule has 0 aromatic heterocycles. The third-order valence-corrected chi connectivity index (χ3v) is 5.95. The molecule has 0 amide bonds. The number of halogens is 1. The van der Waals surface area contributed by atoms with Crippen LogP contribution in [-0.4, -0.2) is 60.4 Å². The highest BCUT2D eigenvalue weighted by Crippen LogP contribution is 2.32. The summed E-state index contributed by atoms with van der Waals surface area (Å²) in [5.41, 5.74) is 3.65. The molecule has 7 nitrogen and oxygen atoms in total. The van der Waals surface area contributed by atoms with Gasteiger partial charge in [-0.15, -0.1) is 24.0 Å². The van der Waals surface area contributed by atoms with Crippen molar-refractivity contribution < 1.29 is 14.6 Å². The molecule has 8 heteroatoms. The molecule has 33 heavy (non-hydrogen) atoms. The van der Waals surface area contributed by atoms with Crippen molar-refractivity contribution in [2.75, 3.05) is 33.5 Å². The van der Waals surface area contributed by atoms with Gasteiger partial charge in [0.25, 0.3) is 0 Å². The molecule has 0 radical (unpaired) electrons. The van der Waals surface area contributed by atoms with E-state index in [1.54, 1.807) is 0 Å². The lowest BCUT2D eigenvalue weighted by Crippen LogP contribution is -2.38. The normalized spacial score (nSPS) is 16.4. The standard InChI is InChI=1S/C25H34N4O3.HI/c1-3-26-25(28(2)16-21-8-9-23-24(14-21)32-18-31-23)27-15-19-4-6-20(7-5-19)17-29-12-10-22(30)11-13-29;/h4-9,14,22,30H,3,10-13,15-18H2,1-2H3,(H,26,27);1H. The second kappa shape index (κ2) is 12.4. The Balaban J connectivity index is 0.00000306. The Labute approximate surface area is 213 Å². The third kappa shape index (κ3) is 7.22. The van der Waals surface area contributed by atoms with E-state index in [1.165, 1.54) is 11.1 Å². The molecule has 2 aliphatic rings. The summed E-state index contributed by atoms with van der Waals surface area (Å²) in [6.45, 7) is 7.42. The minimum absolute atomic E-state index is 0. The van der Waals surface area contributed by atoms with Gasteiger partial charge in [-0.05, 0) is 48.6 Å². The van der Waals surface area contributed by atoms with Crippen molar-refractivity contribution in [3.8, 4) is 11.5 Å². The number of hydrogen-bond acceptors (Lipinski definition) is 5. The Hall–Kier alpha value is -2.04. The first-order valence-corrected chi connectivity index (χ1v) is 11.5. The summed E-state index contributed by atoms with van der Waals surface area (Å²) < 4.78 is 10.9. The van der Waals surface area contributed by atoms with Gasteiger partial charge in [-0.25, -0.2) is 4.99 Å². The van der Waals surface area contributed by atoms with Crippen LogP contribution in [0.4, 0.5) is 0 Å². The number of guanidine groups is 1. The van der Waals surface area contributed by atoms with E-state index in [0.717, 1.165) is 68.6 Å². The van der Waals surface area contributed by atoms with Gasteiger partial charge in [0.1, 0.15) is 0 Å². The largest absolute Gasteiger partial charge is 0.454 e. The highest BCUT2D eigenvalue weighted by atomic mass is 127. The number of likely N-dealkylation sites (tertiary alicyclic amines) is 1. The topological polar surface area (TPSA) is 69.6 Å². The first-order chi connectivity index (χ1) is 15.6. The molecule has 2 aromatic rings. The second-order valence-electron chi connectivity index (χ2n) is 8.54. The molecule has 0 spiro atoms. The number of fused-ring (bicyclic) bond motifs is 1. The van der Waals surface area contributed by atoms with E-state index < -0.39 is 0 Å². The van der Waals surface area contributed by atoms with E-state index in [0.29, 0.717) is 13.3 Å².